The molecule has 1 aromatic heterocycles. The summed E-state index contributed by atoms with van der Waals surface area (Å²) in [6.07, 6.45) is 2.20. The number of thiazole rings is 1. The van der Waals surface area contributed by atoms with E-state index in [1.165, 1.54) is 0 Å². The zero-order valence-corrected chi connectivity index (χ0v) is 15.5. The largest absolute Gasteiger partial charge is 0.494 e. The van der Waals surface area contributed by atoms with E-state index in [9.17, 15) is 5.11 Å². The van der Waals surface area contributed by atoms with Crippen molar-refractivity contribution in [2.75, 3.05) is 13.2 Å². The molecule has 0 saturated carbocycles. The minimum atomic E-state index is -0.662. The number of benzene rings is 1. The summed E-state index contributed by atoms with van der Waals surface area (Å²) in [5.74, 6) is 0.892. The van der Waals surface area contributed by atoms with Crippen LogP contribution in [0, 0.1) is 0 Å². The zero-order valence-electron chi connectivity index (χ0n) is 14.7. The monoisotopic (exact) mass is 346 g/mol. The van der Waals surface area contributed by atoms with Crippen LogP contribution in [-0.2, 0) is 6.54 Å². The van der Waals surface area contributed by atoms with Crippen LogP contribution in [0.25, 0.3) is 10.6 Å². The fourth-order valence-electron chi connectivity index (χ4n) is 3.40. The van der Waals surface area contributed by atoms with Gasteiger partial charge in [-0.1, -0.05) is 0 Å². The van der Waals surface area contributed by atoms with E-state index in [2.05, 4.69) is 22.4 Å². The van der Waals surface area contributed by atoms with Crippen molar-refractivity contribution in [1.29, 1.82) is 0 Å². The highest BCUT2D eigenvalue weighted by molar-refractivity contribution is 7.13. The van der Waals surface area contributed by atoms with Gasteiger partial charge in [-0.3, -0.25) is 4.90 Å². The topological polar surface area (TPSA) is 45.6 Å². The highest BCUT2D eigenvalue weighted by Crippen LogP contribution is 2.30. The Morgan fingerprint density at radius 2 is 2.08 bits per heavy atom. The van der Waals surface area contributed by atoms with Crippen molar-refractivity contribution >= 4 is 11.3 Å². The van der Waals surface area contributed by atoms with Gasteiger partial charge in [0.25, 0.3) is 0 Å². The number of ether oxygens (including phenoxy) is 1. The van der Waals surface area contributed by atoms with Gasteiger partial charge >= 0.3 is 0 Å². The third kappa shape index (κ3) is 3.97. The molecular weight excluding hydrogens is 320 g/mol. The summed E-state index contributed by atoms with van der Waals surface area (Å²) in [5.41, 5.74) is 1.54. The number of rotatable bonds is 6. The van der Waals surface area contributed by atoms with Gasteiger partial charge in [-0.2, -0.15) is 0 Å². The van der Waals surface area contributed by atoms with E-state index in [1.807, 2.05) is 32.9 Å². The highest BCUT2D eigenvalue weighted by Gasteiger charge is 2.35. The molecule has 0 aliphatic carbocycles. The molecule has 0 bridgehead atoms. The molecule has 24 heavy (non-hydrogen) atoms. The van der Waals surface area contributed by atoms with Crippen LogP contribution in [0.3, 0.4) is 0 Å². The number of nitrogens with zero attached hydrogens (tertiary/aromatic N) is 2. The van der Waals surface area contributed by atoms with Gasteiger partial charge in [-0.15, -0.1) is 11.3 Å². The Morgan fingerprint density at radius 3 is 2.75 bits per heavy atom. The molecule has 1 aliphatic heterocycles. The SMILES string of the molecule is CCOc1ccc(-c2nc(CN3CCCC3C(C)(C)O)cs2)cc1. The Balaban J connectivity index is 1.69. The summed E-state index contributed by atoms with van der Waals surface area (Å²) >= 11 is 1.67. The van der Waals surface area contributed by atoms with Crippen LogP contribution in [0.5, 0.6) is 5.75 Å². The normalized spacial score (nSPS) is 18.9. The molecule has 0 radical (unpaired) electrons. The summed E-state index contributed by atoms with van der Waals surface area (Å²) in [6, 6.07) is 8.31. The second-order valence-corrected chi connectivity index (χ2v) is 7.74. The Hall–Kier alpha value is -1.43. The third-order valence-corrected chi connectivity index (χ3v) is 5.45. The van der Waals surface area contributed by atoms with Gasteiger partial charge in [0, 0.05) is 23.5 Å². The van der Waals surface area contributed by atoms with E-state index >= 15 is 0 Å². The molecule has 2 heterocycles. The van der Waals surface area contributed by atoms with Gasteiger partial charge in [-0.25, -0.2) is 4.98 Å². The van der Waals surface area contributed by atoms with Gasteiger partial charge in [-0.05, 0) is 64.4 Å². The zero-order chi connectivity index (χ0) is 17.2. The molecule has 2 aromatic rings. The molecule has 1 unspecified atom stereocenters. The second kappa shape index (κ2) is 7.21. The van der Waals surface area contributed by atoms with E-state index in [-0.39, 0.29) is 6.04 Å². The first-order chi connectivity index (χ1) is 11.5. The molecule has 5 heteroatoms. The molecule has 1 N–H and O–H groups in total. The second-order valence-electron chi connectivity index (χ2n) is 6.88. The summed E-state index contributed by atoms with van der Waals surface area (Å²) in [5, 5.41) is 13.5. The predicted octanol–water partition coefficient (Wildman–Crippen LogP) is 3.94. The van der Waals surface area contributed by atoms with Crippen LogP contribution in [-0.4, -0.2) is 39.8 Å². The summed E-state index contributed by atoms with van der Waals surface area (Å²) in [6.45, 7) is 8.32. The van der Waals surface area contributed by atoms with Crippen molar-refractivity contribution in [3.05, 3.63) is 35.3 Å². The minimum Gasteiger partial charge on any atom is -0.494 e. The van der Waals surface area contributed by atoms with E-state index in [0.29, 0.717) is 6.61 Å². The van der Waals surface area contributed by atoms with Crippen molar-refractivity contribution in [3.63, 3.8) is 0 Å². The maximum atomic E-state index is 10.3. The lowest BCUT2D eigenvalue weighted by atomic mass is 9.96. The molecule has 130 valence electrons. The first kappa shape index (κ1) is 17.4. The number of hydrogen-bond acceptors (Lipinski definition) is 5. The van der Waals surface area contributed by atoms with Gasteiger partial charge < -0.3 is 9.84 Å². The Kier molecular flexibility index (Phi) is 5.23. The lowest BCUT2D eigenvalue weighted by molar-refractivity contribution is -0.00530. The highest BCUT2D eigenvalue weighted by atomic mass is 32.1. The molecule has 0 spiro atoms. The molecule has 3 rings (SSSR count). The standard InChI is InChI=1S/C19H26N2O2S/c1-4-23-16-9-7-14(8-10-16)18-20-15(13-24-18)12-21-11-5-6-17(21)19(2,3)22/h7-10,13,17,22H,4-6,11-12H2,1-3H3. The van der Waals surface area contributed by atoms with E-state index < -0.39 is 5.60 Å². The molecule has 1 saturated heterocycles. The van der Waals surface area contributed by atoms with Crippen LogP contribution >= 0.6 is 11.3 Å². The maximum absolute atomic E-state index is 10.3. The minimum absolute atomic E-state index is 0.216. The Morgan fingerprint density at radius 1 is 1.33 bits per heavy atom. The quantitative estimate of drug-likeness (QED) is 0.860. The molecule has 1 aromatic carbocycles. The van der Waals surface area contributed by atoms with Gasteiger partial charge in [0.15, 0.2) is 0 Å². The van der Waals surface area contributed by atoms with Crippen molar-refractivity contribution in [1.82, 2.24) is 9.88 Å². The molecular formula is C19H26N2O2S. The average Bonchev–Trinajstić information content (AvgIpc) is 3.18. The maximum Gasteiger partial charge on any atom is 0.123 e. The first-order valence-corrected chi connectivity index (χ1v) is 9.49. The van der Waals surface area contributed by atoms with Crippen LogP contribution in [0.4, 0.5) is 0 Å². The van der Waals surface area contributed by atoms with Crippen molar-refractivity contribution in [3.8, 4) is 16.3 Å². The smallest absolute Gasteiger partial charge is 0.123 e. The number of likely N-dealkylation sites (tertiary alicyclic amines) is 1. The number of aromatic nitrogens is 1. The van der Waals surface area contributed by atoms with Crippen molar-refractivity contribution in [2.24, 2.45) is 0 Å². The third-order valence-electron chi connectivity index (χ3n) is 4.51. The first-order valence-electron chi connectivity index (χ1n) is 8.61. The molecule has 1 atom stereocenters. The van der Waals surface area contributed by atoms with Gasteiger partial charge in [0.2, 0.25) is 0 Å². The van der Waals surface area contributed by atoms with Crippen LogP contribution in [0.1, 0.15) is 39.3 Å². The molecule has 1 aliphatic rings. The van der Waals surface area contributed by atoms with Gasteiger partial charge in [0.1, 0.15) is 10.8 Å². The fraction of sp³-hybridized carbons (Fsp3) is 0.526. The molecule has 1 fully saturated rings. The van der Waals surface area contributed by atoms with Crippen LogP contribution in [0.2, 0.25) is 0 Å². The summed E-state index contributed by atoms with van der Waals surface area (Å²) < 4.78 is 5.49. The number of aliphatic hydroxyl groups is 1. The van der Waals surface area contributed by atoms with E-state index in [4.69, 9.17) is 9.72 Å². The van der Waals surface area contributed by atoms with E-state index in [1.54, 1.807) is 11.3 Å². The summed E-state index contributed by atoms with van der Waals surface area (Å²) in [7, 11) is 0. The average molecular weight is 346 g/mol. The fourth-order valence-corrected chi connectivity index (χ4v) is 4.21. The predicted molar refractivity (Wildman–Crippen MR) is 98.4 cm³/mol. The van der Waals surface area contributed by atoms with Crippen LogP contribution < -0.4 is 4.74 Å². The lowest BCUT2D eigenvalue weighted by Gasteiger charge is -2.33. The van der Waals surface area contributed by atoms with Gasteiger partial charge in [0.05, 0.1) is 17.9 Å². The Labute approximate surface area is 148 Å². The molecule has 4 nitrogen and oxygen atoms in total. The van der Waals surface area contributed by atoms with E-state index in [0.717, 1.165) is 47.9 Å². The number of hydrogen-bond donors (Lipinski definition) is 1. The lowest BCUT2D eigenvalue weighted by Crippen LogP contribution is -2.45. The molecule has 0 amide bonds. The Bertz CT molecular complexity index is 661. The summed E-state index contributed by atoms with van der Waals surface area (Å²) in [4.78, 5) is 7.15. The van der Waals surface area contributed by atoms with Crippen molar-refractivity contribution in [2.45, 2.75) is 51.8 Å². The van der Waals surface area contributed by atoms with Crippen molar-refractivity contribution < 1.29 is 9.84 Å². The van der Waals surface area contributed by atoms with Crippen LogP contribution in [0.15, 0.2) is 29.6 Å².